The van der Waals surface area contributed by atoms with Gasteiger partial charge in [0.25, 0.3) is 0 Å². The van der Waals surface area contributed by atoms with E-state index in [2.05, 4.69) is 4.72 Å². The van der Waals surface area contributed by atoms with Gasteiger partial charge in [-0.25, -0.2) is 13.1 Å². The van der Waals surface area contributed by atoms with Gasteiger partial charge in [0.15, 0.2) is 0 Å². The Morgan fingerprint density at radius 3 is 2.52 bits per heavy atom. The van der Waals surface area contributed by atoms with E-state index >= 15 is 0 Å². The Morgan fingerprint density at radius 1 is 1.19 bits per heavy atom. The molecule has 0 aliphatic rings. The minimum atomic E-state index is -3.62. The predicted molar refractivity (Wildman–Crippen MR) is 85.8 cm³/mol. The summed E-state index contributed by atoms with van der Waals surface area (Å²) in [5, 5.41) is 0.382. The molecule has 2 aromatic carbocycles. The van der Waals surface area contributed by atoms with Crippen molar-refractivity contribution < 1.29 is 8.42 Å². The summed E-state index contributed by atoms with van der Waals surface area (Å²) in [6.07, 6.45) is 0. The van der Waals surface area contributed by atoms with Crippen molar-refractivity contribution in [3.05, 3.63) is 58.1 Å². The average molecular weight is 325 g/mol. The Hall–Kier alpha value is -1.56. The molecule has 0 bridgehead atoms. The molecule has 0 saturated heterocycles. The topological polar surface area (TPSA) is 72.2 Å². The molecule has 0 aliphatic carbocycles. The van der Waals surface area contributed by atoms with Gasteiger partial charge in [0.2, 0.25) is 10.0 Å². The van der Waals surface area contributed by atoms with Crippen molar-refractivity contribution in [3.63, 3.8) is 0 Å². The number of anilines is 1. The van der Waals surface area contributed by atoms with Crippen LogP contribution in [0, 0.1) is 13.8 Å². The number of rotatable bonds is 4. The molecule has 0 atom stereocenters. The van der Waals surface area contributed by atoms with Crippen molar-refractivity contribution in [1.82, 2.24) is 4.72 Å². The number of nitrogens with two attached hydrogens (primary N) is 1. The summed E-state index contributed by atoms with van der Waals surface area (Å²) in [4.78, 5) is 0.120. The summed E-state index contributed by atoms with van der Waals surface area (Å²) in [7, 11) is -3.62. The molecule has 6 heteroatoms. The SMILES string of the molecule is Cc1cccc(CNS(=O)(=O)c2cc(C)c(Cl)c(N)c2)c1. The van der Waals surface area contributed by atoms with Crippen molar-refractivity contribution in [1.29, 1.82) is 0 Å². The van der Waals surface area contributed by atoms with Gasteiger partial charge in [-0.05, 0) is 37.1 Å². The first-order valence-corrected chi connectivity index (χ1v) is 8.26. The van der Waals surface area contributed by atoms with E-state index in [1.54, 1.807) is 6.92 Å². The van der Waals surface area contributed by atoms with Gasteiger partial charge in [-0.3, -0.25) is 0 Å². The number of hydrogen-bond donors (Lipinski definition) is 2. The highest BCUT2D eigenvalue weighted by Gasteiger charge is 2.16. The third-order valence-electron chi connectivity index (χ3n) is 3.12. The lowest BCUT2D eigenvalue weighted by molar-refractivity contribution is 0.581. The quantitative estimate of drug-likeness (QED) is 0.849. The van der Waals surface area contributed by atoms with Crippen molar-refractivity contribution in [2.45, 2.75) is 25.3 Å². The fraction of sp³-hybridized carbons (Fsp3) is 0.200. The molecule has 4 nitrogen and oxygen atoms in total. The molecule has 112 valence electrons. The van der Waals surface area contributed by atoms with Crippen LogP contribution in [0.15, 0.2) is 41.3 Å². The van der Waals surface area contributed by atoms with E-state index in [-0.39, 0.29) is 17.1 Å². The van der Waals surface area contributed by atoms with Crippen LogP contribution in [0.2, 0.25) is 5.02 Å². The molecule has 0 fully saturated rings. The maximum Gasteiger partial charge on any atom is 0.240 e. The molecule has 0 spiro atoms. The molecule has 0 aromatic heterocycles. The van der Waals surface area contributed by atoms with Crippen LogP contribution in [0.3, 0.4) is 0 Å². The summed E-state index contributed by atoms with van der Waals surface area (Å²) in [6.45, 7) is 3.91. The Labute approximate surface area is 130 Å². The van der Waals surface area contributed by atoms with Crippen LogP contribution in [0.1, 0.15) is 16.7 Å². The second-order valence-electron chi connectivity index (χ2n) is 4.96. The number of aryl methyl sites for hydroxylation is 2. The fourth-order valence-electron chi connectivity index (χ4n) is 2.00. The van der Waals surface area contributed by atoms with Crippen LogP contribution in [-0.2, 0) is 16.6 Å². The number of halogens is 1. The van der Waals surface area contributed by atoms with Gasteiger partial charge < -0.3 is 5.73 Å². The van der Waals surface area contributed by atoms with Crippen molar-refractivity contribution in [2.24, 2.45) is 0 Å². The molecule has 0 heterocycles. The molecule has 0 amide bonds. The van der Waals surface area contributed by atoms with E-state index in [4.69, 9.17) is 17.3 Å². The molecule has 0 saturated carbocycles. The molecule has 2 aromatic rings. The molecule has 0 radical (unpaired) electrons. The molecule has 0 aliphatic heterocycles. The van der Waals surface area contributed by atoms with E-state index in [0.29, 0.717) is 10.6 Å². The number of hydrogen-bond acceptors (Lipinski definition) is 3. The first-order valence-electron chi connectivity index (χ1n) is 6.40. The standard InChI is InChI=1S/C15H17ClN2O2S/c1-10-4-3-5-12(6-10)9-18-21(19,20)13-7-11(2)15(16)14(17)8-13/h3-8,18H,9,17H2,1-2H3. The Morgan fingerprint density at radius 2 is 1.90 bits per heavy atom. The second kappa shape index (κ2) is 6.05. The Balaban J connectivity index is 2.23. The lowest BCUT2D eigenvalue weighted by atomic mass is 10.1. The molecule has 2 rings (SSSR count). The Kier molecular flexibility index (Phi) is 4.56. The molecule has 3 N–H and O–H groups in total. The molecular formula is C15H17ClN2O2S. The first kappa shape index (κ1) is 15.8. The Bertz CT molecular complexity index is 750. The zero-order valence-corrected chi connectivity index (χ0v) is 13.4. The number of nitrogen functional groups attached to an aromatic ring is 1. The monoisotopic (exact) mass is 324 g/mol. The fourth-order valence-corrected chi connectivity index (χ4v) is 3.25. The van der Waals surface area contributed by atoms with Crippen LogP contribution in [0.5, 0.6) is 0 Å². The molecule has 21 heavy (non-hydrogen) atoms. The second-order valence-corrected chi connectivity index (χ2v) is 7.10. The summed E-state index contributed by atoms with van der Waals surface area (Å²) >= 11 is 5.95. The largest absolute Gasteiger partial charge is 0.397 e. The van der Waals surface area contributed by atoms with Gasteiger partial charge in [0.05, 0.1) is 15.6 Å². The van der Waals surface area contributed by atoms with E-state index in [0.717, 1.165) is 11.1 Å². The summed E-state index contributed by atoms with van der Waals surface area (Å²) in [6, 6.07) is 10.5. The van der Waals surface area contributed by atoms with E-state index < -0.39 is 10.0 Å². The van der Waals surface area contributed by atoms with E-state index in [1.807, 2.05) is 31.2 Å². The van der Waals surface area contributed by atoms with Gasteiger partial charge >= 0.3 is 0 Å². The van der Waals surface area contributed by atoms with Crippen LogP contribution in [0.25, 0.3) is 0 Å². The minimum Gasteiger partial charge on any atom is -0.397 e. The predicted octanol–water partition coefficient (Wildman–Crippen LogP) is 3.02. The third kappa shape index (κ3) is 3.75. The zero-order chi connectivity index (χ0) is 15.6. The van der Waals surface area contributed by atoms with Crippen LogP contribution in [0.4, 0.5) is 5.69 Å². The van der Waals surface area contributed by atoms with Crippen LogP contribution in [-0.4, -0.2) is 8.42 Å². The average Bonchev–Trinajstić information content (AvgIpc) is 2.42. The van der Waals surface area contributed by atoms with Gasteiger partial charge in [-0.15, -0.1) is 0 Å². The first-order chi connectivity index (χ1) is 9.79. The number of nitrogens with one attached hydrogen (secondary N) is 1. The van der Waals surface area contributed by atoms with Crippen molar-refractivity contribution in [2.75, 3.05) is 5.73 Å². The van der Waals surface area contributed by atoms with E-state index in [1.165, 1.54) is 12.1 Å². The molecular weight excluding hydrogens is 308 g/mol. The molecule has 0 unspecified atom stereocenters. The highest BCUT2D eigenvalue weighted by atomic mass is 35.5. The lowest BCUT2D eigenvalue weighted by Crippen LogP contribution is -2.23. The zero-order valence-electron chi connectivity index (χ0n) is 11.9. The number of benzene rings is 2. The normalized spacial score (nSPS) is 11.6. The van der Waals surface area contributed by atoms with Crippen molar-refractivity contribution in [3.8, 4) is 0 Å². The van der Waals surface area contributed by atoms with Gasteiger partial charge in [0.1, 0.15) is 0 Å². The van der Waals surface area contributed by atoms with Crippen LogP contribution >= 0.6 is 11.6 Å². The summed E-state index contributed by atoms with van der Waals surface area (Å²) in [5.74, 6) is 0. The maximum absolute atomic E-state index is 12.3. The van der Waals surface area contributed by atoms with Gasteiger partial charge in [-0.1, -0.05) is 41.4 Å². The van der Waals surface area contributed by atoms with Gasteiger partial charge in [-0.2, -0.15) is 0 Å². The van der Waals surface area contributed by atoms with E-state index in [9.17, 15) is 8.42 Å². The highest BCUT2D eigenvalue weighted by molar-refractivity contribution is 7.89. The minimum absolute atomic E-state index is 0.120. The van der Waals surface area contributed by atoms with Crippen LogP contribution < -0.4 is 10.5 Å². The van der Waals surface area contributed by atoms with Crippen molar-refractivity contribution >= 4 is 27.3 Å². The summed E-state index contributed by atoms with van der Waals surface area (Å²) < 4.78 is 27.2. The van der Waals surface area contributed by atoms with Gasteiger partial charge in [0, 0.05) is 6.54 Å². The smallest absolute Gasteiger partial charge is 0.240 e. The third-order valence-corrected chi connectivity index (χ3v) is 5.01. The summed E-state index contributed by atoms with van der Waals surface area (Å²) in [5.41, 5.74) is 8.59. The number of sulfonamides is 1. The lowest BCUT2D eigenvalue weighted by Gasteiger charge is -2.10. The maximum atomic E-state index is 12.3. The highest BCUT2D eigenvalue weighted by Crippen LogP contribution is 2.26.